The summed E-state index contributed by atoms with van der Waals surface area (Å²) in [5.74, 6) is 0.177. The van der Waals surface area contributed by atoms with Gasteiger partial charge in [-0.2, -0.15) is 0 Å². The van der Waals surface area contributed by atoms with Crippen molar-refractivity contribution in [2.45, 2.75) is 71.4 Å². The van der Waals surface area contributed by atoms with E-state index in [-0.39, 0.29) is 17.9 Å². The van der Waals surface area contributed by atoms with E-state index >= 15 is 0 Å². The molecule has 0 radical (unpaired) electrons. The minimum absolute atomic E-state index is 0.0203. The molecular weight excluding hydrogens is 306 g/mol. The zero-order valence-electron chi connectivity index (χ0n) is 16.0. The molecule has 140 valence electrons. The molecule has 6 nitrogen and oxygen atoms in total. The molecule has 2 amide bonds. The summed E-state index contributed by atoms with van der Waals surface area (Å²) in [6, 6.07) is 0.303. The number of rotatable bonds is 7. The summed E-state index contributed by atoms with van der Waals surface area (Å²) in [7, 11) is 1.74. The van der Waals surface area contributed by atoms with Crippen molar-refractivity contribution in [2.75, 3.05) is 26.7 Å². The molecule has 0 aromatic heterocycles. The fourth-order valence-electron chi connectivity index (χ4n) is 2.81. The predicted molar refractivity (Wildman–Crippen MR) is 95.9 cm³/mol. The normalized spacial score (nSPS) is 17.2. The number of hydrogen-bond acceptors (Lipinski definition) is 4. The van der Waals surface area contributed by atoms with E-state index in [2.05, 4.69) is 10.6 Å². The first kappa shape index (κ1) is 20.7. The monoisotopic (exact) mass is 341 g/mol. The van der Waals surface area contributed by atoms with Crippen molar-refractivity contribution in [3.63, 3.8) is 0 Å². The average Bonchev–Trinajstić information content (AvgIpc) is 2.50. The van der Waals surface area contributed by atoms with Crippen molar-refractivity contribution in [3.8, 4) is 0 Å². The quantitative estimate of drug-likeness (QED) is 0.746. The Kier molecular flexibility index (Phi) is 8.53. The van der Waals surface area contributed by atoms with Crippen molar-refractivity contribution in [1.82, 2.24) is 15.5 Å². The van der Waals surface area contributed by atoms with Gasteiger partial charge in [-0.1, -0.05) is 6.92 Å². The summed E-state index contributed by atoms with van der Waals surface area (Å²) >= 11 is 0. The minimum Gasteiger partial charge on any atom is -0.444 e. The largest absolute Gasteiger partial charge is 0.444 e. The summed E-state index contributed by atoms with van der Waals surface area (Å²) in [6.07, 6.45) is 4.11. The van der Waals surface area contributed by atoms with Gasteiger partial charge in [-0.25, -0.2) is 4.79 Å². The van der Waals surface area contributed by atoms with E-state index < -0.39 is 5.60 Å². The third-order valence-corrected chi connectivity index (χ3v) is 4.30. The highest BCUT2D eigenvalue weighted by Crippen LogP contribution is 2.14. The second kappa shape index (κ2) is 9.87. The highest BCUT2D eigenvalue weighted by atomic mass is 16.6. The summed E-state index contributed by atoms with van der Waals surface area (Å²) in [5.41, 5.74) is -0.480. The lowest BCUT2D eigenvalue weighted by molar-refractivity contribution is -0.126. The van der Waals surface area contributed by atoms with Crippen molar-refractivity contribution in [3.05, 3.63) is 0 Å². The Morgan fingerprint density at radius 1 is 1.29 bits per heavy atom. The fourth-order valence-corrected chi connectivity index (χ4v) is 2.81. The smallest absolute Gasteiger partial charge is 0.410 e. The van der Waals surface area contributed by atoms with Crippen LogP contribution in [0.15, 0.2) is 0 Å². The third kappa shape index (κ3) is 7.99. The van der Waals surface area contributed by atoms with Crippen LogP contribution in [-0.4, -0.2) is 55.2 Å². The number of carbonyl (C=O) groups excluding carboxylic acids is 2. The number of amides is 2. The number of nitrogens with one attached hydrogen (secondary N) is 2. The topological polar surface area (TPSA) is 70.7 Å². The van der Waals surface area contributed by atoms with Gasteiger partial charge >= 0.3 is 6.09 Å². The van der Waals surface area contributed by atoms with Crippen LogP contribution < -0.4 is 10.6 Å². The van der Waals surface area contributed by atoms with Gasteiger partial charge in [-0.3, -0.25) is 4.79 Å². The maximum atomic E-state index is 12.4. The molecule has 1 rings (SSSR count). The molecule has 1 saturated heterocycles. The van der Waals surface area contributed by atoms with Crippen LogP contribution >= 0.6 is 0 Å². The van der Waals surface area contributed by atoms with Crippen molar-refractivity contribution in [1.29, 1.82) is 0 Å². The van der Waals surface area contributed by atoms with Gasteiger partial charge in [0.05, 0.1) is 0 Å². The van der Waals surface area contributed by atoms with Crippen molar-refractivity contribution < 1.29 is 14.3 Å². The highest BCUT2D eigenvalue weighted by Gasteiger charge is 2.22. The van der Waals surface area contributed by atoms with Crippen LogP contribution in [0.25, 0.3) is 0 Å². The van der Waals surface area contributed by atoms with E-state index in [9.17, 15) is 9.59 Å². The first-order chi connectivity index (χ1) is 11.2. The number of carbonyl (C=O) groups is 2. The number of hydrogen-bond donors (Lipinski definition) is 2. The van der Waals surface area contributed by atoms with Crippen LogP contribution in [0.4, 0.5) is 4.79 Å². The molecule has 6 heteroatoms. The van der Waals surface area contributed by atoms with E-state index in [1.807, 2.05) is 27.7 Å². The first-order valence-corrected chi connectivity index (χ1v) is 9.18. The number of piperidine rings is 1. The Bertz CT molecular complexity index is 401. The average molecular weight is 341 g/mol. The summed E-state index contributed by atoms with van der Waals surface area (Å²) < 4.78 is 5.33. The van der Waals surface area contributed by atoms with Gasteiger partial charge in [0.15, 0.2) is 0 Å². The third-order valence-electron chi connectivity index (χ3n) is 4.30. The Labute approximate surface area is 146 Å². The van der Waals surface area contributed by atoms with Crippen LogP contribution in [0.1, 0.15) is 59.8 Å². The number of ether oxygens (including phenoxy) is 1. The Hall–Kier alpha value is -1.30. The van der Waals surface area contributed by atoms with E-state index in [1.165, 1.54) is 0 Å². The molecule has 1 aliphatic rings. The van der Waals surface area contributed by atoms with Crippen LogP contribution in [0.5, 0.6) is 0 Å². The van der Waals surface area contributed by atoms with E-state index in [0.29, 0.717) is 12.6 Å². The molecule has 1 fully saturated rings. The molecule has 24 heavy (non-hydrogen) atoms. The lowest BCUT2D eigenvalue weighted by Gasteiger charge is -2.27. The Balaban J connectivity index is 2.32. The molecule has 0 spiro atoms. The van der Waals surface area contributed by atoms with Crippen LogP contribution in [-0.2, 0) is 9.53 Å². The van der Waals surface area contributed by atoms with E-state index in [0.717, 1.165) is 45.2 Å². The van der Waals surface area contributed by atoms with Crippen LogP contribution in [0.3, 0.4) is 0 Å². The highest BCUT2D eigenvalue weighted by molar-refractivity contribution is 5.78. The second-order valence-electron chi connectivity index (χ2n) is 7.68. The zero-order chi connectivity index (χ0) is 18.2. The van der Waals surface area contributed by atoms with Crippen molar-refractivity contribution in [2.24, 2.45) is 5.92 Å². The number of nitrogens with zero attached hydrogens (tertiary/aromatic N) is 1. The van der Waals surface area contributed by atoms with E-state index in [1.54, 1.807) is 11.9 Å². The first-order valence-electron chi connectivity index (χ1n) is 9.18. The minimum atomic E-state index is -0.480. The molecule has 1 atom stereocenters. The summed E-state index contributed by atoms with van der Waals surface area (Å²) in [5, 5.41) is 6.48. The standard InChI is InChI=1S/C18H35N3O3/c1-6-14(16(22)20-15-9-11-19-12-10-15)8-7-13-21(5)17(23)24-18(2,3)4/h14-15,19H,6-13H2,1-5H3,(H,20,22). The van der Waals surface area contributed by atoms with Gasteiger partial charge < -0.3 is 20.3 Å². The Morgan fingerprint density at radius 3 is 2.46 bits per heavy atom. The molecule has 0 bridgehead atoms. The molecule has 1 unspecified atom stereocenters. The molecule has 1 heterocycles. The SMILES string of the molecule is CCC(CCCN(C)C(=O)OC(C)(C)C)C(=O)NC1CCNCC1. The van der Waals surface area contributed by atoms with Gasteiger partial charge in [-0.15, -0.1) is 0 Å². The molecule has 0 aromatic carbocycles. The molecule has 0 saturated carbocycles. The summed E-state index contributed by atoms with van der Waals surface area (Å²) in [6.45, 7) is 10.2. The van der Waals surface area contributed by atoms with Crippen LogP contribution in [0.2, 0.25) is 0 Å². The molecular formula is C18H35N3O3. The molecule has 2 N–H and O–H groups in total. The lowest BCUT2D eigenvalue weighted by Crippen LogP contribution is -2.44. The lowest BCUT2D eigenvalue weighted by atomic mass is 9.97. The van der Waals surface area contributed by atoms with Gasteiger partial charge in [0.2, 0.25) is 5.91 Å². The Morgan fingerprint density at radius 2 is 1.92 bits per heavy atom. The van der Waals surface area contributed by atoms with Gasteiger partial charge in [0.1, 0.15) is 5.60 Å². The van der Waals surface area contributed by atoms with Gasteiger partial charge in [-0.05, 0) is 66.0 Å². The van der Waals surface area contributed by atoms with E-state index in [4.69, 9.17) is 4.74 Å². The van der Waals surface area contributed by atoms with Gasteiger partial charge in [0.25, 0.3) is 0 Å². The van der Waals surface area contributed by atoms with Gasteiger partial charge in [0, 0.05) is 25.6 Å². The second-order valence-corrected chi connectivity index (χ2v) is 7.68. The zero-order valence-corrected chi connectivity index (χ0v) is 16.0. The molecule has 1 aliphatic heterocycles. The van der Waals surface area contributed by atoms with Crippen LogP contribution in [0, 0.1) is 5.92 Å². The molecule has 0 aromatic rings. The maximum absolute atomic E-state index is 12.4. The van der Waals surface area contributed by atoms with Crippen molar-refractivity contribution >= 4 is 12.0 Å². The maximum Gasteiger partial charge on any atom is 0.410 e. The predicted octanol–water partition coefficient (Wildman–Crippen LogP) is 2.53. The summed E-state index contributed by atoms with van der Waals surface area (Å²) in [4.78, 5) is 25.9. The fraction of sp³-hybridized carbons (Fsp3) is 0.889. The molecule has 0 aliphatic carbocycles.